The molecule has 3 nitrogen and oxygen atoms in total. The molecule has 2 aliphatic carbocycles. The van der Waals surface area contributed by atoms with Gasteiger partial charge in [0.1, 0.15) is 0 Å². The number of rotatable bonds is 4. The number of aryl methyl sites for hydroxylation is 2. The molecule has 1 aromatic heterocycles. The fourth-order valence-corrected chi connectivity index (χ4v) is 4.07. The molecule has 2 unspecified atom stereocenters. The maximum atomic E-state index is 11.0. The zero-order valence-electron chi connectivity index (χ0n) is 12.5. The third-order valence-corrected chi connectivity index (χ3v) is 5.59. The Morgan fingerprint density at radius 2 is 2.10 bits per heavy atom. The lowest BCUT2D eigenvalue weighted by Crippen LogP contribution is -2.38. The van der Waals surface area contributed by atoms with E-state index in [1.807, 2.05) is 11.6 Å². The van der Waals surface area contributed by atoms with Crippen molar-refractivity contribution in [2.45, 2.75) is 70.9 Å². The Labute approximate surface area is 126 Å². The predicted molar refractivity (Wildman–Crippen MR) is 81.0 cm³/mol. The molecule has 2 aliphatic rings. The van der Waals surface area contributed by atoms with Gasteiger partial charge in [0.15, 0.2) is 0 Å². The molecule has 0 spiro atoms. The van der Waals surface area contributed by atoms with E-state index < -0.39 is 5.60 Å². The first-order valence-corrected chi connectivity index (χ1v) is 8.34. The molecular formula is C16H25ClN2O. The molecule has 1 aromatic rings. The first-order valence-electron chi connectivity index (χ1n) is 7.96. The van der Waals surface area contributed by atoms with Crippen molar-refractivity contribution in [1.82, 2.24) is 9.78 Å². The monoisotopic (exact) mass is 296 g/mol. The molecule has 1 heterocycles. The van der Waals surface area contributed by atoms with Gasteiger partial charge in [0.05, 0.1) is 22.0 Å². The van der Waals surface area contributed by atoms with Crippen molar-refractivity contribution in [1.29, 1.82) is 0 Å². The Balaban J connectivity index is 1.78. The van der Waals surface area contributed by atoms with Crippen LogP contribution >= 0.6 is 11.6 Å². The van der Waals surface area contributed by atoms with Crippen molar-refractivity contribution >= 4 is 11.6 Å². The summed E-state index contributed by atoms with van der Waals surface area (Å²) in [6.45, 7) is 4.82. The minimum atomic E-state index is -0.575. The molecule has 0 bridgehead atoms. The predicted octanol–water partition coefficient (Wildman–Crippen LogP) is 3.74. The maximum absolute atomic E-state index is 11.0. The van der Waals surface area contributed by atoms with Crippen LogP contribution in [0.5, 0.6) is 0 Å². The van der Waals surface area contributed by atoms with Crippen LogP contribution in [0.3, 0.4) is 0 Å². The maximum Gasteiger partial charge on any atom is 0.0848 e. The molecule has 20 heavy (non-hydrogen) atoms. The molecule has 0 aliphatic heterocycles. The molecule has 4 heteroatoms. The Bertz CT molecular complexity index is 495. The van der Waals surface area contributed by atoms with Gasteiger partial charge in [-0.2, -0.15) is 5.10 Å². The SMILES string of the molecule is CCn1nc(C)c(Cl)c1CC1(O)CCCC(C2CC2)C1. The van der Waals surface area contributed by atoms with Gasteiger partial charge in [-0.25, -0.2) is 0 Å². The number of aliphatic hydroxyl groups is 1. The molecule has 2 atom stereocenters. The van der Waals surface area contributed by atoms with Crippen LogP contribution < -0.4 is 0 Å². The highest BCUT2D eigenvalue weighted by molar-refractivity contribution is 6.31. The average molecular weight is 297 g/mol. The van der Waals surface area contributed by atoms with Gasteiger partial charge in [-0.05, 0) is 57.8 Å². The van der Waals surface area contributed by atoms with Crippen LogP contribution in [0.25, 0.3) is 0 Å². The van der Waals surface area contributed by atoms with Gasteiger partial charge in [-0.15, -0.1) is 0 Å². The van der Waals surface area contributed by atoms with Crippen LogP contribution in [0, 0.1) is 18.8 Å². The third-order valence-electron chi connectivity index (χ3n) is 5.10. The fourth-order valence-electron chi connectivity index (χ4n) is 3.87. The number of aromatic nitrogens is 2. The fraction of sp³-hybridized carbons (Fsp3) is 0.812. The largest absolute Gasteiger partial charge is 0.389 e. The molecule has 3 rings (SSSR count). The van der Waals surface area contributed by atoms with Gasteiger partial charge in [-0.3, -0.25) is 4.68 Å². The summed E-state index contributed by atoms with van der Waals surface area (Å²) >= 11 is 6.39. The Kier molecular flexibility index (Phi) is 3.85. The van der Waals surface area contributed by atoms with Crippen LogP contribution in [0.4, 0.5) is 0 Å². The van der Waals surface area contributed by atoms with E-state index in [2.05, 4.69) is 12.0 Å². The normalized spacial score (nSPS) is 30.7. The van der Waals surface area contributed by atoms with E-state index >= 15 is 0 Å². The second kappa shape index (κ2) is 5.34. The number of hydrogen-bond donors (Lipinski definition) is 1. The lowest BCUT2D eigenvalue weighted by molar-refractivity contribution is -0.0210. The highest BCUT2D eigenvalue weighted by Gasteiger charge is 2.41. The van der Waals surface area contributed by atoms with Gasteiger partial charge in [0.25, 0.3) is 0 Å². The van der Waals surface area contributed by atoms with Crippen molar-refractivity contribution in [3.63, 3.8) is 0 Å². The second-order valence-corrected chi connectivity index (χ2v) is 7.13. The van der Waals surface area contributed by atoms with Crippen molar-refractivity contribution in [3.05, 3.63) is 16.4 Å². The number of hydrogen-bond acceptors (Lipinski definition) is 2. The molecule has 0 amide bonds. The number of halogens is 1. The average Bonchev–Trinajstić information content (AvgIpc) is 3.22. The minimum Gasteiger partial charge on any atom is -0.389 e. The zero-order chi connectivity index (χ0) is 14.3. The summed E-state index contributed by atoms with van der Waals surface area (Å²) in [5, 5.41) is 16.2. The van der Waals surface area contributed by atoms with Gasteiger partial charge in [0.2, 0.25) is 0 Å². The van der Waals surface area contributed by atoms with Gasteiger partial charge in [0, 0.05) is 13.0 Å². The van der Waals surface area contributed by atoms with Crippen LogP contribution in [0.1, 0.15) is 56.8 Å². The van der Waals surface area contributed by atoms with E-state index in [-0.39, 0.29) is 0 Å². The quantitative estimate of drug-likeness (QED) is 0.919. The van der Waals surface area contributed by atoms with Gasteiger partial charge >= 0.3 is 0 Å². The van der Waals surface area contributed by atoms with E-state index in [4.69, 9.17) is 11.6 Å². The summed E-state index contributed by atoms with van der Waals surface area (Å²) in [4.78, 5) is 0. The van der Waals surface area contributed by atoms with Crippen LogP contribution in [0.2, 0.25) is 5.02 Å². The summed E-state index contributed by atoms with van der Waals surface area (Å²) in [6.07, 6.45) is 7.69. The van der Waals surface area contributed by atoms with Gasteiger partial charge < -0.3 is 5.11 Å². The van der Waals surface area contributed by atoms with E-state index in [1.54, 1.807) is 0 Å². The highest BCUT2D eigenvalue weighted by Crippen LogP contribution is 2.47. The van der Waals surface area contributed by atoms with E-state index in [9.17, 15) is 5.11 Å². The molecule has 112 valence electrons. The van der Waals surface area contributed by atoms with Crippen LogP contribution in [-0.4, -0.2) is 20.5 Å². The summed E-state index contributed by atoms with van der Waals surface area (Å²) in [7, 11) is 0. The first kappa shape index (κ1) is 14.4. The summed E-state index contributed by atoms with van der Waals surface area (Å²) in [6, 6.07) is 0. The van der Waals surface area contributed by atoms with E-state index in [0.717, 1.165) is 54.1 Å². The topological polar surface area (TPSA) is 38.0 Å². The second-order valence-electron chi connectivity index (χ2n) is 6.76. The minimum absolute atomic E-state index is 0.575. The number of nitrogens with zero attached hydrogens (tertiary/aromatic N) is 2. The smallest absolute Gasteiger partial charge is 0.0848 e. The summed E-state index contributed by atoms with van der Waals surface area (Å²) < 4.78 is 1.95. The van der Waals surface area contributed by atoms with Crippen molar-refractivity contribution < 1.29 is 5.11 Å². The highest BCUT2D eigenvalue weighted by atomic mass is 35.5. The molecule has 0 saturated heterocycles. The standard InChI is InChI=1S/C16H25ClN2O/c1-3-19-14(15(17)11(2)18-19)10-16(20)8-4-5-13(9-16)12-6-7-12/h12-13,20H,3-10H2,1-2H3. The Hall–Kier alpha value is -0.540. The van der Waals surface area contributed by atoms with Crippen LogP contribution in [0.15, 0.2) is 0 Å². The zero-order valence-corrected chi connectivity index (χ0v) is 13.3. The summed E-state index contributed by atoms with van der Waals surface area (Å²) in [5.41, 5.74) is 1.32. The van der Waals surface area contributed by atoms with Crippen molar-refractivity contribution in [3.8, 4) is 0 Å². The van der Waals surface area contributed by atoms with Crippen molar-refractivity contribution in [2.75, 3.05) is 0 Å². The van der Waals surface area contributed by atoms with Crippen LogP contribution in [-0.2, 0) is 13.0 Å². The van der Waals surface area contributed by atoms with E-state index in [1.165, 1.54) is 19.3 Å². The summed E-state index contributed by atoms with van der Waals surface area (Å²) in [5.74, 6) is 1.61. The Morgan fingerprint density at radius 3 is 2.75 bits per heavy atom. The lowest BCUT2D eigenvalue weighted by atomic mass is 9.74. The third kappa shape index (κ3) is 2.75. The molecule has 2 saturated carbocycles. The molecule has 1 N–H and O–H groups in total. The molecular weight excluding hydrogens is 272 g/mol. The molecule has 0 radical (unpaired) electrons. The molecule has 0 aromatic carbocycles. The first-order chi connectivity index (χ1) is 9.52. The van der Waals surface area contributed by atoms with Gasteiger partial charge in [-0.1, -0.05) is 18.0 Å². The Morgan fingerprint density at radius 1 is 1.35 bits per heavy atom. The van der Waals surface area contributed by atoms with Crippen molar-refractivity contribution in [2.24, 2.45) is 11.8 Å². The molecule has 2 fully saturated rings. The lowest BCUT2D eigenvalue weighted by Gasteiger charge is -2.37. The van der Waals surface area contributed by atoms with E-state index in [0.29, 0.717) is 6.42 Å².